The number of hydrogen-bond acceptors (Lipinski definition) is 3. The van der Waals surface area contributed by atoms with Gasteiger partial charge in [-0.25, -0.2) is 0 Å². The van der Waals surface area contributed by atoms with Crippen LogP contribution in [-0.2, 0) is 4.74 Å². The van der Waals surface area contributed by atoms with Gasteiger partial charge in [-0.1, -0.05) is 20.8 Å². The lowest BCUT2D eigenvalue weighted by molar-refractivity contribution is -0.151. The Bertz CT molecular complexity index is 344. The zero-order valence-electron chi connectivity index (χ0n) is 11.8. The van der Waals surface area contributed by atoms with E-state index in [2.05, 4.69) is 20.8 Å². The van der Waals surface area contributed by atoms with Crippen LogP contribution < -0.4 is 0 Å². The van der Waals surface area contributed by atoms with Gasteiger partial charge in [-0.15, -0.1) is 0 Å². The molecule has 3 rings (SSSR count). The van der Waals surface area contributed by atoms with Crippen molar-refractivity contribution in [2.75, 3.05) is 13.2 Å². The minimum Gasteiger partial charge on any atom is -0.396 e. The molecule has 3 heteroatoms. The van der Waals surface area contributed by atoms with E-state index in [1.165, 1.54) is 6.42 Å². The highest BCUT2D eigenvalue weighted by atomic mass is 16.6. The first-order valence-corrected chi connectivity index (χ1v) is 7.27. The Hall–Kier alpha value is -0.120. The second-order valence-electron chi connectivity index (χ2n) is 7.74. The number of epoxide rings is 1. The maximum absolute atomic E-state index is 10.2. The second-order valence-corrected chi connectivity index (χ2v) is 7.74. The van der Waals surface area contributed by atoms with E-state index in [0.717, 1.165) is 25.9 Å². The summed E-state index contributed by atoms with van der Waals surface area (Å²) in [5, 5.41) is 20.1. The summed E-state index contributed by atoms with van der Waals surface area (Å²) in [6, 6.07) is 0. The van der Waals surface area contributed by atoms with Crippen molar-refractivity contribution in [1.82, 2.24) is 0 Å². The molecule has 0 aromatic carbocycles. The van der Waals surface area contributed by atoms with Crippen molar-refractivity contribution < 1.29 is 14.9 Å². The summed E-state index contributed by atoms with van der Waals surface area (Å²) in [6.45, 7) is 7.81. The lowest BCUT2D eigenvalue weighted by atomic mass is 9.46. The Balaban J connectivity index is 1.98. The molecule has 3 nitrogen and oxygen atoms in total. The van der Waals surface area contributed by atoms with E-state index in [4.69, 9.17) is 4.74 Å². The Morgan fingerprint density at radius 3 is 2.44 bits per heavy atom. The van der Waals surface area contributed by atoms with E-state index >= 15 is 0 Å². The van der Waals surface area contributed by atoms with Crippen molar-refractivity contribution in [3.63, 3.8) is 0 Å². The van der Waals surface area contributed by atoms with E-state index in [-0.39, 0.29) is 35.1 Å². The van der Waals surface area contributed by atoms with E-state index in [9.17, 15) is 10.2 Å². The SMILES string of the molecule is CC1(C)C[C@@H](O)C[C@@]2(C)[C@H]1CC[C@]1(CO1)[C@@H]2CO. The maximum atomic E-state index is 10.2. The fraction of sp³-hybridized carbons (Fsp3) is 1.00. The van der Waals surface area contributed by atoms with Crippen LogP contribution in [0.1, 0.15) is 46.5 Å². The lowest BCUT2D eigenvalue weighted by Gasteiger charge is -2.59. The van der Waals surface area contributed by atoms with E-state index < -0.39 is 0 Å². The second kappa shape index (κ2) is 3.71. The molecule has 2 aliphatic carbocycles. The number of ether oxygens (including phenoxy) is 1. The summed E-state index contributed by atoms with van der Waals surface area (Å²) in [5.41, 5.74) is 0.119. The molecule has 18 heavy (non-hydrogen) atoms. The summed E-state index contributed by atoms with van der Waals surface area (Å²) < 4.78 is 5.72. The van der Waals surface area contributed by atoms with E-state index in [1.807, 2.05) is 0 Å². The van der Waals surface area contributed by atoms with Crippen LogP contribution in [0.25, 0.3) is 0 Å². The van der Waals surface area contributed by atoms with Gasteiger partial charge in [0.15, 0.2) is 0 Å². The van der Waals surface area contributed by atoms with Crippen LogP contribution in [0.3, 0.4) is 0 Å². The fourth-order valence-electron chi connectivity index (χ4n) is 5.45. The van der Waals surface area contributed by atoms with Gasteiger partial charge in [-0.3, -0.25) is 0 Å². The monoisotopic (exact) mass is 254 g/mol. The highest BCUT2D eigenvalue weighted by Gasteiger charge is 2.65. The Morgan fingerprint density at radius 2 is 1.89 bits per heavy atom. The molecule has 1 spiro atoms. The van der Waals surface area contributed by atoms with Crippen LogP contribution in [0, 0.1) is 22.7 Å². The van der Waals surface area contributed by atoms with Gasteiger partial charge in [0.2, 0.25) is 0 Å². The van der Waals surface area contributed by atoms with Gasteiger partial charge < -0.3 is 14.9 Å². The first-order valence-electron chi connectivity index (χ1n) is 7.27. The molecule has 5 atom stereocenters. The first-order chi connectivity index (χ1) is 8.34. The van der Waals surface area contributed by atoms with Crippen LogP contribution >= 0.6 is 0 Å². The van der Waals surface area contributed by atoms with Crippen molar-refractivity contribution in [3.05, 3.63) is 0 Å². The summed E-state index contributed by atoms with van der Waals surface area (Å²) in [4.78, 5) is 0. The summed E-state index contributed by atoms with van der Waals surface area (Å²) in [5.74, 6) is 0.776. The largest absolute Gasteiger partial charge is 0.396 e. The zero-order chi connectivity index (χ0) is 13.2. The molecule has 1 saturated heterocycles. The van der Waals surface area contributed by atoms with Crippen molar-refractivity contribution in [3.8, 4) is 0 Å². The van der Waals surface area contributed by atoms with E-state index in [1.54, 1.807) is 0 Å². The topological polar surface area (TPSA) is 53.0 Å². The molecule has 2 saturated carbocycles. The molecule has 0 unspecified atom stereocenters. The maximum Gasteiger partial charge on any atom is 0.0971 e. The molecule has 3 aliphatic rings. The number of hydrogen-bond donors (Lipinski definition) is 2. The third-order valence-corrected chi connectivity index (χ3v) is 6.16. The number of fused-ring (bicyclic) bond motifs is 1. The van der Waals surface area contributed by atoms with Crippen molar-refractivity contribution in [1.29, 1.82) is 0 Å². The predicted molar refractivity (Wildman–Crippen MR) is 69.1 cm³/mol. The average Bonchev–Trinajstić information content (AvgIpc) is 2.95. The van der Waals surface area contributed by atoms with Crippen molar-refractivity contribution in [2.45, 2.75) is 58.2 Å². The normalized spacial score (nSPS) is 54.2. The van der Waals surface area contributed by atoms with Gasteiger partial charge in [-0.05, 0) is 42.4 Å². The fourth-order valence-corrected chi connectivity index (χ4v) is 5.45. The molecule has 0 bridgehead atoms. The summed E-state index contributed by atoms with van der Waals surface area (Å²) in [6.07, 6.45) is 3.73. The van der Waals surface area contributed by atoms with Gasteiger partial charge >= 0.3 is 0 Å². The van der Waals surface area contributed by atoms with Crippen LogP contribution in [0.15, 0.2) is 0 Å². The lowest BCUT2D eigenvalue weighted by Crippen LogP contribution is -2.58. The molecular formula is C15H26O3. The van der Waals surface area contributed by atoms with Gasteiger partial charge in [-0.2, -0.15) is 0 Å². The molecule has 0 aromatic rings. The van der Waals surface area contributed by atoms with Gasteiger partial charge in [0.25, 0.3) is 0 Å². The predicted octanol–water partition coefficient (Wildman–Crippen LogP) is 1.96. The van der Waals surface area contributed by atoms with Gasteiger partial charge in [0.05, 0.1) is 18.3 Å². The van der Waals surface area contributed by atoms with Crippen molar-refractivity contribution >= 4 is 0 Å². The summed E-state index contributed by atoms with van der Waals surface area (Å²) in [7, 11) is 0. The Labute approximate surface area is 110 Å². The molecule has 1 aliphatic heterocycles. The molecular weight excluding hydrogens is 228 g/mol. The molecule has 0 aromatic heterocycles. The highest BCUT2D eigenvalue weighted by Crippen LogP contribution is 2.65. The minimum absolute atomic E-state index is 0.0185. The quantitative estimate of drug-likeness (QED) is 0.703. The third-order valence-electron chi connectivity index (χ3n) is 6.16. The van der Waals surface area contributed by atoms with Gasteiger partial charge in [0, 0.05) is 12.5 Å². The Kier molecular flexibility index (Phi) is 2.66. The number of aliphatic hydroxyl groups is 2. The molecule has 0 amide bonds. The molecule has 0 radical (unpaired) electrons. The first kappa shape index (κ1) is 12.9. The minimum atomic E-state index is -0.232. The smallest absolute Gasteiger partial charge is 0.0971 e. The highest BCUT2D eigenvalue weighted by molar-refractivity contribution is 5.14. The zero-order valence-corrected chi connectivity index (χ0v) is 11.8. The Morgan fingerprint density at radius 1 is 1.22 bits per heavy atom. The molecule has 3 fully saturated rings. The van der Waals surface area contributed by atoms with Crippen LogP contribution in [0.4, 0.5) is 0 Å². The molecule has 1 heterocycles. The van der Waals surface area contributed by atoms with E-state index in [0.29, 0.717) is 5.92 Å². The number of rotatable bonds is 1. The van der Waals surface area contributed by atoms with Crippen LogP contribution in [-0.4, -0.2) is 35.1 Å². The molecule has 104 valence electrons. The van der Waals surface area contributed by atoms with Crippen LogP contribution in [0.5, 0.6) is 0 Å². The molecule has 2 N–H and O–H groups in total. The summed E-state index contributed by atoms with van der Waals surface area (Å²) >= 11 is 0. The van der Waals surface area contributed by atoms with Crippen LogP contribution in [0.2, 0.25) is 0 Å². The van der Waals surface area contributed by atoms with Gasteiger partial charge in [0.1, 0.15) is 0 Å². The van der Waals surface area contributed by atoms with Crippen molar-refractivity contribution in [2.24, 2.45) is 22.7 Å². The third kappa shape index (κ3) is 1.60. The number of aliphatic hydroxyl groups excluding tert-OH is 2. The standard InChI is InChI=1S/C15H26O3/c1-13(2)6-10(17)7-14(3)11(13)4-5-15(9-18-15)12(14)8-16/h10-12,16-17H,4-9H2,1-3H3/t10-,11+,12-,14+,15+/m1/s1. The average molecular weight is 254 g/mol.